The van der Waals surface area contributed by atoms with E-state index in [1.807, 2.05) is 6.92 Å². The summed E-state index contributed by atoms with van der Waals surface area (Å²) in [5.41, 5.74) is -0.0406. The molecule has 0 amide bonds. The molecule has 0 saturated heterocycles. The molecule has 0 radical (unpaired) electrons. The molecule has 0 aliphatic rings. The van der Waals surface area contributed by atoms with Gasteiger partial charge in [-0.05, 0) is 24.6 Å². The van der Waals surface area contributed by atoms with E-state index in [1.165, 1.54) is 12.1 Å². The molecule has 1 aromatic carbocycles. The Bertz CT molecular complexity index is 674. The minimum atomic E-state index is -4.35. The van der Waals surface area contributed by atoms with Crippen LogP contribution in [-0.4, -0.2) is 52.7 Å². The number of guanidine groups is 1. The van der Waals surface area contributed by atoms with Gasteiger partial charge in [-0.25, -0.2) is 13.4 Å². The molecule has 148 valence electrons. The van der Waals surface area contributed by atoms with Crippen molar-refractivity contribution < 1.29 is 26.3 Å². The summed E-state index contributed by atoms with van der Waals surface area (Å²) >= 11 is 0. The van der Waals surface area contributed by atoms with Crippen molar-refractivity contribution in [2.45, 2.75) is 19.6 Å². The second kappa shape index (κ2) is 10.4. The molecule has 0 fully saturated rings. The number of nitrogens with one attached hydrogen (secondary N) is 2. The molecule has 0 heterocycles. The summed E-state index contributed by atoms with van der Waals surface area (Å²) in [6.07, 6.45) is -3.21. The van der Waals surface area contributed by atoms with Gasteiger partial charge in [0.1, 0.15) is 9.84 Å². The zero-order valence-electron chi connectivity index (χ0n) is 14.8. The smallest absolute Gasteiger partial charge is 0.379 e. The van der Waals surface area contributed by atoms with Gasteiger partial charge in [0, 0.05) is 19.3 Å². The third-order valence-corrected chi connectivity index (χ3v) is 4.09. The van der Waals surface area contributed by atoms with Crippen molar-refractivity contribution in [2.75, 3.05) is 38.3 Å². The summed E-state index contributed by atoms with van der Waals surface area (Å²) in [6, 6.07) is 4.84. The molecule has 0 unspecified atom stereocenters. The van der Waals surface area contributed by atoms with E-state index in [-0.39, 0.29) is 18.9 Å². The molecule has 0 bridgehead atoms. The number of alkyl halides is 3. The van der Waals surface area contributed by atoms with Gasteiger partial charge >= 0.3 is 6.18 Å². The van der Waals surface area contributed by atoms with Crippen LogP contribution in [0.25, 0.3) is 0 Å². The van der Waals surface area contributed by atoms with Crippen LogP contribution in [0.3, 0.4) is 0 Å². The van der Waals surface area contributed by atoms with Crippen LogP contribution < -0.4 is 10.6 Å². The molecule has 6 nitrogen and oxygen atoms in total. The highest BCUT2D eigenvalue weighted by molar-refractivity contribution is 7.90. The lowest BCUT2D eigenvalue weighted by atomic mass is 10.1. The molecule has 0 atom stereocenters. The highest BCUT2D eigenvalue weighted by Gasteiger charge is 2.29. The lowest BCUT2D eigenvalue weighted by molar-refractivity contribution is -0.137. The van der Waals surface area contributed by atoms with Gasteiger partial charge in [-0.2, -0.15) is 13.2 Å². The molecule has 1 aromatic rings. The van der Waals surface area contributed by atoms with E-state index in [0.29, 0.717) is 31.2 Å². The number of nitrogens with zero attached hydrogens (tertiary/aromatic N) is 1. The van der Waals surface area contributed by atoms with E-state index in [0.717, 1.165) is 18.4 Å². The van der Waals surface area contributed by atoms with Gasteiger partial charge in [-0.15, -0.1) is 0 Å². The second-order valence-corrected chi connectivity index (χ2v) is 7.82. The van der Waals surface area contributed by atoms with Crippen molar-refractivity contribution in [3.63, 3.8) is 0 Å². The summed E-state index contributed by atoms with van der Waals surface area (Å²) in [4.78, 5) is 4.29. The zero-order valence-corrected chi connectivity index (χ0v) is 15.6. The molecule has 10 heteroatoms. The molecule has 0 spiro atoms. The number of benzene rings is 1. The Morgan fingerprint density at radius 2 is 1.81 bits per heavy atom. The average Bonchev–Trinajstić information content (AvgIpc) is 2.54. The third kappa shape index (κ3) is 9.62. The highest BCUT2D eigenvalue weighted by Crippen LogP contribution is 2.29. The Kier molecular flexibility index (Phi) is 8.86. The van der Waals surface area contributed by atoms with Gasteiger partial charge < -0.3 is 15.4 Å². The van der Waals surface area contributed by atoms with E-state index in [4.69, 9.17) is 4.74 Å². The summed E-state index contributed by atoms with van der Waals surface area (Å²) in [6.45, 7) is 3.58. The first-order valence-corrected chi connectivity index (χ1v) is 10.1. The van der Waals surface area contributed by atoms with E-state index in [2.05, 4.69) is 15.6 Å². The largest absolute Gasteiger partial charge is 0.416 e. The lowest BCUT2D eigenvalue weighted by Crippen LogP contribution is -2.39. The number of hydrogen-bond donors (Lipinski definition) is 2. The first kappa shape index (κ1) is 22.2. The first-order valence-electron chi connectivity index (χ1n) is 8.05. The van der Waals surface area contributed by atoms with Crippen LogP contribution in [0.4, 0.5) is 13.2 Å². The number of sulfone groups is 1. The van der Waals surface area contributed by atoms with E-state index in [9.17, 15) is 21.6 Å². The fraction of sp³-hybridized carbons (Fsp3) is 0.562. The number of rotatable bonds is 9. The summed E-state index contributed by atoms with van der Waals surface area (Å²) in [7, 11) is -3.04. The van der Waals surface area contributed by atoms with Crippen LogP contribution >= 0.6 is 0 Å². The van der Waals surface area contributed by atoms with E-state index >= 15 is 0 Å². The second-order valence-electron chi connectivity index (χ2n) is 5.56. The molecular weight excluding hydrogens is 371 g/mol. The van der Waals surface area contributed by atoms with E-state index < -0.39 is 21.6 Å². The predicted octanol–water partition coefficient (Wildman–Crippen LogP) is 1.82. The highest BCUT2D eigenvalue weighted by atomic mass is 32.2. The van der Waals surface area contributed by atoms with Crippen molar-refractivity contribution in [1.82, 2.24) is 10.6 Å². The molecule has 2 N–H and O–H groups in total. The Hall–Kier alpha value is -1.81. The molecule has 1 rings (SSSR count). The van der Waals surface area contributed by atoms with Gasteiger partial charge in [-0.3, -0.25) is 0 Å². The van der Waals surface area contributed by atoms with Crippen molar-refractivity contribution in [3.8, 4) is 0 Å². The molecular formula is C16H24F3N3O3S. The fourth-order valence-electron chi connectivity index (χ4n) is 1.87. The van der Waals surface area contributed by atoms with Crippen LogP contribution in [0, 0.1) is 0 Å². The lowest BCUT2D eigenvalue weighted by Gasteiger charge is -2.12. The quantitative estimate of drug-likeness (QED) is 0.379. The van der Waals surface area contributed by atoms with Gasteiger partial charge in [0.05, 0.1) is 31.1 Å². The molecule has 0 aromatic heterocycles. The maximum atomic E-state index is 12.5. The summed E-state index contributed by atoms with van der Waals surface area (Å²) in [5, 5.41) is 6.02. The average molecular weight is 395 g/mol. The Morgan fingerprint density at radius 3 is 2.35 bits per heavy atom. The fourth-order valence-corrected chi connectivity index (χ4v) is 2.29. The Balaban J connectivity index is 2.45. The number of ether oxygens (including phenoxy) is 1. The Morgan fingerprint density at radius 1 is 1.15 bits per heavy atom. The van der Waals surface area contributed by atoms with Crippen molar-refractivity contribution >= 4 is 15.8 Å². The summed E-state index contributed by atoms with van der Waals surface area (Å²) in [5.74, 6) is 0.467. The monoisotopic (exact) mass is 395 g/mol. The summed E-state index contributed by atoms with van der Waals surface area (Å²) < 4.78 is 64.8. The SMILES string of the molecule is CCNC(=NCc1ccc(C(F)(F)F)cc1)NCCOCCS(C)(=O)=O. The first-order chi connectivity index (χ1) is 12.1. The van der Waals surface area contributed by atoms with Gasteiger partial charge in [0.2, 0.25) is 0 Å². The Labute approximate surface area is 151 Å². The molecule has 0 aliphatic carbocycles. The zero-order chi connectivity index (χ0) is 19.6. The van der Waals surface area contributed by atoms with Crippen LogP contribution in [0.1, 0.15) is 18.1 Å². The maximum absolute atomic E-state index is 12.5. The van der Waals surface area contributed by atoms with Crippen LogP contribution in [0.15, 0.2) is 29.3 Å². The normalized spacial score (nSPS) is 12.9. The molecule has 0 aliphatic heterocycles. The predicted molar refractivity (Wildman–Crippen MR) is 94.8 cm³/mol. The third-order valence-electron chi connectivity index (χ3n) is 3.18. The van der Waals surface area contributed by atoms with Crippen molar-refractivity contribution in [2.24, 2.45) is 4.99 Å². The van der Waals surface area contributed by atoms with Gasteiger partial charge in [0.25, 0.3) is 0 Å². The molecule has 26 heavy (non-hydrogen) atoms. The van der Waals surface area contributed by atoms with Gasteiger partial charge in [0.15, 0.2) is 5.96 Å². The molecule has 0 saturated carbocycles. The van der Waals surface area contributed by atoms with Gasteiger partial charge in [-0.1, -0.05) is 12.1 Å². The van der Waals surface area contributed by atoms with Crippen LogP contribution in [-0.2, 0) is 27.3 Å². The van der Waals surface area contributed by atoms with Crippen LogP contribution in [0.2, 0.25) is 0 Å². The number of halogens is 3. The standard InChI is InChI=1S/C16H24F3N3O3S/c1-3-20-15(21-8-9-25-10-11-26(2,23)24)22-12-13-4-6-14(7-5-13)16(17,18)19/h4-7H,3,8-12H2,1-2H3,(H2,20,21,22). The minimum Gasteiger partial charge on any atom is -0.379 e. The van der Waals surface area contributed by atoms with Crippen molar-refractivity contribution in [3.05, 3.63) is 35.4 Å². The number of aliphatic imine (C=N–C) groups is 1. The number of hydrogen-bond acceptors (Lipinski definition) is 4. The van der Waals surface area contributed by atoms with E-state index in [1.54, 1.807) is 0 Å². The topological polar surface area (TPSA) is 79.8 Å². The van der Waals surface area contributed by atoms with Crippen molar-refractivity contribution in [1.29, 1.82) is 0 Å². The maximum Gasteiger partial charge on any atom is 0.416 e. The van der Waals surface area contributed by atoms with Crippen LogP contribution in [0.5, 0.6) is 0 Å². The minimum absolute atomic E-state index is 0.0327.